The molecular weight excluding hydrogens is 183 g/mol. The van der Waals surface area contributed by atoms with Gasteiger partial charge in [-0.05, 0) is 11.6 Å². The summed E-state index contributed by atoms with van der Waals surface area (Å²) in [5.41, 5.74) is 7.43. The van der Waals surface area contributed by atoms with E-state index in [1.54, 1.807) is 24.3 Å². The number of rotatable bonds is 2. The molecular formula is C10H9FN2O. The van der Waals surface area contributed by atoms with Gasteiger partial charge in [-0.2, -0.15) is 0 Å². The molecule has 0 unspecified atom stereocenters. The van der Waals surface area contributed by atoms with Gasteiger partial charge >= 0.3 is 0 Å². The van der Waals surface area contributed by atoms with Crippen molar-refractivity contribution in [2.75, 3.05) is 5.73 Å². The fraction of sp³-hybridized carbons (Fsp3) is 0.100. The van der Waals surface area contributed by atoms with Crippen LogP contribution < -0.4 is 5.73 Å². The molecule has 4 heteroatoms. The number of hydrogen-bond acceptors (Lipinski definition) is 3. The Hall–Kier alpha value is -1.84. The first-order chi connectivity index (χ1) is 6.79. The highest BCUT2D eigenvalue weighted by atomic mass is 19.1. The van der Waals surface area contributed by atoms with E-state index in [0.717, 1.165) is 5.56 Å². The number of nitrogens with zero attached hydrogens (tertiary/aromatic N) is 1. The van der Waals surface area contributed by atoms with Crippen molar-refractivity contribution in [3.05, 3.63) is 35.9 Å². The molecule has 0 radical (unpaired) electrons. The standard InChI is InChI=1S/C10H9FN2O/c11-6-7-2-1-3-8(4-7)9-5-10(12)14-13-9/h1-5H,6,12H2. The van der Waals surface area contributed by atoms with Crippen LogP contribution in [-0.2, 0) is 6.67 Å². The number of aromatic nitrogens is 1. The van der Waals surface area contributed by atoms with Crippen molar-refractivity contribution in [1.29, 1.82) is 0 Å². The van der Waals surface area contributed by atoms with Gasteiger partial charge in [0.1, 0.15) is 12.4 Å². The monoisotopic (exact) mass is 192 g/mol. The van der Waals surface area contributed by atoms with Crippen LogP contribution in [0.4, 0.5) is 10.3 Å². The minimum absolute atomic E-state index is 0.255. The third-order valence-corrected chi connectivity index (χ3v) is 1.91. The van der Waals surface area contributed by atoms with Crippen LogP contribution in [0.2, 0.25) is 0 Å². The zero-order valence-corrected chi connectivity index (χ0v) is 7.40. The zero-order valence-electron chi connectivity index (χ0n) is 7.40. The van der Waals surface area contributed by atoms with Gasteiger partial charge in [-0.15, -0.1) is 0 Å². The van der Waals surface area contributed by atoms with Crippen molar-refractivity contribution in [3.8, 4) is 11.3 Å². The fourth-order valence-electron chi connectivity index (χ4n) is 1.24. The van der Waals surface area contributed by atoms with Crippen molar-refractivity contribution < 1.29 is 8.91 Å². The molecule has 0 aliphatic heterocycles. The van der Waals surface area contributed by atoms with Gasteiger partial charge < -0.3 is 10.3 Å². The summed E-state index contributed by atoms with van der Waals surface area (Å²) in [5.74, 6) is 0.255. The van der Waals surface area contributed by atoms with Gasteiger partial charge in [0.05, 0.1) is 0 Å². The number of anilines is 1. The maximum atomic E-state index is 12.4. The number of hydrogen-bond donors (Lipinski definition) is 1. The number of alkyl halides is 1. The molecule has 3 nitrogen and oxygen atoms in total. The largest absolute Gasteiger partial charge is 0.368 e. The Bertz CT molecular complexity index is 439. The highest BCUT2D eigenvalue weighted by Crippen LogP contribution is 2.21. The van der Waals surface area contributed by atoms with Crippen molar-refractivity contribution in [2.45, 2.75) is 6.67 Å². The highest BCUT2D eigenvalue weighted by Gasteiger charge is 2.04. The topological polar surface area (TPSA) is 52.0 Å². The molecule has 14 heavy (non-hydrogen) atoms. The second kappa shape index (κ2) is 3.49. The minimum Gasteiger partial charge on any atom is -0.368 e. The Kier molecular flexibility index (Phi) is 2.18. The van der Waals surface area contributed by atoms with Crippen LogP contribution in [0, 0.1) is 0 Å². The van der Waals surface area contributed by atoms with Gasteiger partial charge in [0.15, 0.2) is 0 Å². The molecule has 0 saturated carbocycles. The molecule has 0 fully saturated rings. The predicted molar refractivity (Wildman–Crippen MR) is 51.2 cm³/mol. The molecule has 0 bridgehead atoms. The summed E-state index contributed by atoms with van der Waals surface area (Å²) in [5, 5.41) is 3.74. The first-order valence-electron chi connectivity index (χ1n) is 4.17. The van der Waals surface area contributed by atoms with Crippen molar-refractivity contribution in [1.82, 2.24) is 5.16 Å². The Morgan fingerprint density at radius 3 is 2.86 bits per heavy atom. The first kappa shape index (κ1) is 8.74. The molecule has 1 aromatic carbocycles. The van der Waals surface area contributed by atoms with Crippen LogP contribution >= 0.6 is 0 Å². The summed E-state index contributed by atoms with van der Waals surface area (Å²) in [6.45, 7) is -0.485. The van der Waals surface area contributed by atoms with Crippen LogP contribution in [-0.4, -0.2) is 5.16 Å². The predicted octanol–water partition coefficient (Wildman–Crippen LogP) is 2.39. The van der Waals surface area contributed by atoms with Gasteiger partial charge in [-0.1, -0.05) is 23.4 Å². The van der Waals surface area contributed by atoms with Crippen LogP contribution in [0.1, 0.15) is 5.56 Å². The van der Waals surface area contributed by atoms with Gasteiger partial charge in [0.2, 0.25) is 5.88 Å². The second-order valence-corrected chi connectivity index (χ2v) is 2.95. The Balaban J connectivity index is 2.41. The number of nitrogen functional groups attached to an aromatic ring is 1. The van der Waals surface area contributed by atoms with Crippen molar-refractivity contribution >= 4 is 5.88 Å². The molecule has 0 atom stereocenters. The minimum atomic E-state index is -0.485. The average molecular weight is 192 g/mol. The van der Waals surface area contributed by atoms with E-state index < -0.39 is 6.67 Å². The SMILES string of the molecule is Nc1cc(-c2cccc(CF)c2)no1. The first-order valence-corrected chi connectivity index (χ1v) is 4.17. The molecule has 1 aromatic heterocycles. The summed E-state index contributed by atoms with van der Waals surface area (Å²) in [6.07, 6.45) is 0. The van der Waals surface area contributed by atoms with E-state index in [-0.39, 0.29) is 5.88 Å². The molecule has 2 aromatic rings. The van der Waals surface area contributed by atoms with E-state index in [2.05, 4.69) is 5.16 Å². The molecule has 0 amide bonds. The quantitative estimate of drug-likeness (QED) is 0.794. The molecule has 0 saturated heterocycles. The lowest BCUT2D eigenvalue weighted by Gasteiger charge is -1.97. The summed E-state index contributed by atoms with van der Waals surface area (Å²) < 4.78 is 17.1. The molecule has 1 heterocycles. The van der Waals surface area contributed by atoms with Gasteiger partial charge in [-0.3, -0.25) is 0 Å². The van der Waals surface area contributed by atoms with Crippen molar-refractivity contribution in [2.24, 2.45) is 0 Å². The summed E-state index contributed by atoms with van der Waals surface area (Å²) in [4.78, 5) is 0. The Morgan fingerprint density at radius 1 is 1.36 bits per heavy atom. The lowest BCUT2D eigenvalue weighted by atomic mass is 10.1. The summed E-state index contributed by atoms with van der Waals surface area (Å²) in [7, 11) is 0. The number of halogens is 1. The summed E-state index contributed by atoms with van der Waals surface area (Å²) >= 11 is 0. The van der Waals surface area contributed by atoms with E-state index in [4.69, 9.17) is 10.3 Å². The van der Waals surface area contributed by atoms with Gasteiger partial charge in [-0.25, -0.2) is 4.39 Å². The maximum absolute atomic E-state index is 12.4. The van der Waals surface area contributed by atoms with Crippen molar-refractivity contribution in [3.63, 3.8) is 0 Å². The average Bonchev–Trinajstić information content (AvgIpc) is 2.65. The van der Waals surface area contributed by atoms with Crippen LogP contribution in [0.5, 0.6) is 0 Å². The summed E-state index contributed by atoms with van der Waals surface area (Å²) in [6, 6.07) is 8.65. The van der Waals surface area contributed by atoms with E-state index in [9.17, 15) is 4.39 Å². The van der Waals surface area contributed by atoms with E-state index in [0.29, 0.717) is 11.3 Å². The normalized spacial score (nSPS) is 10.4. The van der Waals surface area contributed by atoms with E-state index in [1.807, 2.05) is 6.07 Å². The maximum Gasteiger partial charge on any atom is 0.222 e. The van der Waals surface area contributed by atoms with Gasteiger partial charge in [0, 0.05) is 11.6 Å². The highest BCUT2D eigenvalue weighted by molar-refractivity contribution is 5.61. The van der Waals surface area contributed by atoms with Crippen LogP contribution in [0.3, 0.4) is 0 Å². The fourth-order valence-corrected chi connectivity index (χ4v) is 1.24. The lowest BCUT2D eigenvalue weighted by molar-refractivity contribution is 0.439. The van der Waals surface area contributed by atoms with Crippen LogP contribution in [0.25, 0.3) is 11.3 Å². The van der Waals surface area contributed by atoms with Crippen LogP contribution in [0.15, 0.2) is 34.9 Å². The zero-order chi connectivity index (χ0) is 9.97. The Morgan fingerprint density at radius 2 is 2.21 bits per heavy atom. The Labute approximate surface area is 80.3 Å². The molecule has 0 aliphatic carbocycles. The molecule has 2 N–H and O–H groups in total. The van der Waals surface area contributed by atoms with E-state index >= 15 is 0 Å². The number of benzene rings is 1. The molecule has 0 aliphatic rings. The molecule has 2 rings (SSSR count). The third-order valence-electron chi connectivity index (χ3n) is 1.91. The lowest BCUT2D eigenvalue weighted by Crippen LogP contribution is -1.81. The molecule has 0 spiro atoms. The second-order valence-electron chi connectivity index (χ2n) is 2.95. The smallest absolute Gasteiger partial charge is 0.222 e. The number of nitrogens with two attached hydrogens (primary N) is 1. The third kappa shape index (κ3) is 1.59. The molecule has 72 valence electrons. The van der Waals surface area contributed by atoms with Gasteiger partial charge in [0.25, 0.3) is 0 Å². The van der Waals surface area contributed by atoms with E-state index in [1.165, 1.54) is 0 Å².